The first-order valence-electron chi connectivity index (χ1n) is 7.93. The van der Waals surface area contributed by atoms with Crippen LogP contribution in [-0.2, 0) is 17.8 Å². The zero-order chi connectivity index (χ0) is 15.8. The van der Waals surface area contributed by atoms with Crippen molar-refractivity contribution in [1.29, 1.82) is 0 Å². The molecule has 3 aromatic heterocycles. The highest BCUT2D eigenvalue weighted by Gasteiger charge is 2.22. The maximum atomic E-state index is 5.93. The zero-order valence-corrected chi connectivity index (χ0v) is 14.3. The van der Waals surface area contributed by atoms with Crippen molar-refractivity contribution in [3.05, 3.63) is 40.9 Å². The molecule has 0 aliphatic carbocycles. The lowest BCUT2D eigenvalue weighted by Gasteiger charge is -2.32. The van der Waals surface area contributed by atoms with Gasteiger partial charge in [0.2, 0.25) is 0 Å². The maximum Gasteiger partial charge on any atom is 0.193 e. The van der Waals surface area contributed by atoms with Gasteiger partial charge in [-0.1, -0.05) is 0 Å². The van der Waals surface area contributed by atoms with Crippen LogP contribution in [0.2, 0.25) is 0 Å². The molecule has 0 radical (unpaired) electrons. The van der Waals surface area contributed by atoms with Crippen LogP contribution in [0, 0.1) is 13.8 Å². The van der Waals surface area contributed by atoms with Crippen LogP contribution in [-0.4, -0.2) is 49.9 Å². The van der Waals surface area contributed by atoms with Crippen LogP contribution in [0.1, 0.15) is 17.1 Å². The molecule has 1 saturated heterocycles. The van der Waals surface area contributed by atoms with Gasteiger partial charge in [-0.3, -0.25) is 14.0 Å². The molecule has 0 spiro atoms. The summed E-state index contributed by atoms with van der Waals surface area (Å²) in [5.41, 5.74) is 3.38. The van der Waals surface area contributed by atoms with Crippen molar-refractivity contribution in [2.45, 2.75) is 33.0 Å². The number of aromatic nitrogens is 4. The topological polar surface area (TPSA) is 47.6 Å². The third-order valence-electron chi connectivity index (χ3n) is 4.23. The molecule has 0 amide bonds. The maximum absolute atomic E-state index is 5.93. The van der Waals surface area contributed by atoms with E-state index in [0.29, 0.717) is 0 Å². The summed E-state index contributed by atoms with van der Waals surface area (Å²) in [5.74, 6) is 0. The Hall–Kier alpha value is -1.70. The van der Waals surface area contributed by atoms with E-state index in [1.165, 1.54) is 5.69 Å². The second-order valence-electron chi connectivity index (χ2n) is 6.16. The molecular weight excluding hydrogens is 310 g/mol. The fraction of sp³-hybridized carbons (Fsp3) is 0.500. The van der Waals surface area contributed by atoms with Gasteiger partial charge in [-0.05, 0) is 19.9 Å². The van der Waals surface area contributed by atoms with E-state index in [-0.39, 0.29) is 6.10 Å². The predicted molar refractivity (Wildman–Crippen MR) is 89.8 cm³/mol. The normalized spacial score (nSPS) is 19.7. The molecule has 0 saturated carbocycles. The van der Waals surface area contributed by atoms with E-state index in [0.717, 1.165) is 49.1 Å². The van der Waals surface area contributed by atoms with E-state index >= 15 is 0 Å². The number of imidazole rings is 1. The first-order chi connectivity index (χ1) is 11.2. The van der Waals surface area contributed by atoms with Gasteiger partial charge >= 0.3 is 0 Å². The first-order valence-corrected chi connectivity index (χ1v) is 8.81. The number of fused-ring (bicyclic) bond motifs is 1. The molecule has 4 heterocycles. The van der Waals surface area contributed by atoms with E-state index in [1.54, 1.807) is 11.3 Å². The number of hydrogen-bond donors (Lipinski definition) is 0. The Morgan fingerprint density at radius 1 is 1.39 bits per heavy atom. The van der Waals surface area contributed by atoms with Gasteiger partial charge in [0, 0.05) is 43.1 Å². The quantitative estimate of drug-likeness (QED) is 0.735. The molecule has 23 heavy (non-hydrogen) atoms. The average Bonchev–Trinajstić information content (AvgIpc) is 3.15. The molecule has 6 nitrogen and oxygen atoms in total. The van der Waals surface area contributed by atoms with Crippen molar-refractivity contribution in [1.82, 2.24) is 24.1 Å². The molecule has 1 fully saturated rings. The summed E-state index contributed by atoms with van der Waals surface area (Å²) in [5, 5.41) is 6.60. The fourth-order valence-corrected chi connectivity index (χ4v) is 3.89. The highest BCUT2D eigenvalue weighted by atomic mass is 32.1. The zero-order valence-electron chi connectivity index (χ0n) is 13.5. The Morgan fingerprint density at radius 2 is 2.30 bits per heavy atom. The Morgan fingerprint density at radius 3 is 3.09 bits per heavy atom. The van der Waals surface area contributed by atoms with Crippen molar-refractivity contribution >= 4 is 16.3 Å². The second-order valence-corrected chi connectivity index (χ2v) is 7.04. The van der Waals surface area contributed by atoms with Gasteiger partial charge in [-0.15, -0.1) is 11.3 Å². The summed E-state index contributed by atoms with van der Waals surface area (Å²) in [7, 11) is 0. The smallest absolute Gasteiger partial charge is 0.193 e. The third-order valence-corrected chi connectivity index (χ3v) is 5.00. The van der Waals surface area contributed by atoms with Crippen LogP contribution >= 0.6 is 11.3 Å². The Bertz CT molecular complexity index is 776. The lowest BCUT2D eigenvalue weighted by Crippen LogP contribution is -2.44. The van der Waals surface area contributed by atoms with E-state index in [4.69, 9.17) is 4.74 Å². The molecule has 1 unspecified atom stereocenters. The van der Waals surface area contributed by atoms with Crippen LogP contribution in [0.15, 0.2) is 23.8 Å². The molecule has 1 aliphatic rings. The highest BCUT2D eigenvalue weighted by Crippen LogP contribution is 2.15. The van der Waals surface area contributed by atoms with Gasteiger partial charge in [-0.2, -0.15) is 5.10 Å². The summed E-state index contributed by atoms with van der Waals surface area (Å²) in [6.45, 7) is 8.47. The lowest BCUT2D eigenvalue weighted by atomic mass is 10.2. The SMILES string of the molecule is Cc1cc(C)n(CC2CN(Cc3cn4ccsc4n3)CCO2)n1. The summed E-state index contributed by atoms with van der Waals surface area (Å²) in [4.78, 5) is 8.16. The first kappa shape index (κ1) is 14.9. The monoisotopic (exact) mass is 331 g/mol. The molecular formula is C16H21N5OS. The van der Waals surface area contributed by atoms with Gasteiger partial charge < -0.3 is 4.74 Å². The molecule has 1 atom stereocenters. The van der Waals surface area contributed by atoms with E-state index < -0.39 is 0 Å². The van der Waals surface area contributed by atoms with Crippen LogP contribution in [0.4, 0.5) is 0 Å². The van der Waals surface area contributed by atoms with Crippen LogP contribution in [0.5, 0.6) is 0 Å². The van der Waals surface area contributed by atoms with Gasteiger partial charge in [-0.25, -0.2) is 4.98 Å². The summed E-state index contributed by atoms with van der Waals surface area (Å²) < 4.78 is 10.1. The number of hydrogen-bond acceptors (Lipinski definition) is 5. The van der Waals surface area contributed by atoms with Gasteiger partial charge in [0.15, 0.2) is 4.96 Å². The minimum Gasteiger partial charge on any atom is -0.374 e. The minimum atomic E-state index is 0.186. The minimum absolute atomic E-state index is 0.186. The van der Waals surface area contributed by atoms with Crippen molar-refractivity contribution in [3.8, 4) is 0 Å². The molecule has 4 rings (SSSR count). The average molecular weight is 331 g/mol. The molecule has 1 aliphatic heterocycles. The number of ether oxygens (including phenoxy) is 1. The van der Waals surface area contributed by atoms with E-state index in [1.807, 2.05) is 6.92 Å². The number of morpholine rings is 1. The van der Waals surface area contributed by atoms with Crippen LogP contribution < -0.4 is 0 Å². The Labute approximate surface area is 139 Å². The molecule has 0 N–H and O–H groups in total. The summed E-state index contributed by atoms with van der Waals surface area (Å²) in [6, 6.07) is 2.11. The fourth-order valence-electron chi connectivity index (χ4n) is 3.17. The largest absolute Gasteiger partial charge is 0.374 e. The summed E-state index contributed by atoms with van der Waals surface area (Å²) in [6.07, 6.45) is 4.36. The molecule has 0 aromatic carbocycles. The lowest BCUT2D eigenvalue weighted by molar-refractivity contribution is -0.0407. The van der Waals surface area contributed by atoms with Crippen LogP contribution in [0.25, 0.3) is 4.96 Å². The van der Waals surface area contributed by atoms with Crippen molar-refractivity contribution in [3.63, 3.8) is 0 Å². The Balaban J connectivity index is 1.40. The molecule has 7 heteroatoms. The van der Waals surface area contributed by atoms with Crippen molar-refractivity contribution in [2.75, 3.05) is 19.7 Å². The summed E-state index contributed by atoms with van der Waals surface area (Å²) >= 11 is 1.67. The standard InChI is InChI=1S/C16H21N5OS/c1-12-7-13(2)21(18-12)11-15-10-19(3-5-22-15)8-14-9-20-4-6-23-16(20)17-14/h4,6-7,9,15H,3,5,8,10-11H2,1-2H3. The molecule has 3 aromatic rings. The van der Waals surface area contributed by atoms with Crippen molar-refractivity contribution < 1.29 is 4.74 Å². The van der Waals surface area contributed by atoms with Gasteiger partial charge in [0.1, 0.15) is 0 Å². The number of rotatable bonds is 4. The second kappa shape index (κ2) is 6.07. The van der Waals surface area contributed by atoms with Crippen LogP contribution in [0.3, 0.4) is 0 Å². The highest BCUT2D eigenvalue weighted by molar-refractivity contribution is 7.15. The number of nitrogens with zero attached hydrogens (tertiary/aromatic N) is 5. The van der Waals surface area contributed by atoms with E-state index in [9.17, 15) is 0 Å². The Kier molecular flexibility index (Phi) is 3.92. The predicted octanol–water partition coefficient (Wildman–Crippen LogP) is 2.11. The third kappa shape index (κ3) is 3.17. The van der Waals surface area contributed by atoms with Gasteiger partial charge in [0.25, 0.3) is 0 Å². The molecule has 0 bridgehead atoms. The van der Waals surface area contributed by atoms with Gasteiger partial charge in [0.05, 0.1) is 30.6 Å². The van der Waals surface area contributed by atoms with E-state index in [2.05, 4.69) is 54.8 Å². The number of aryl methyl sites for hydroxylation is 2. The number of thiazole rings is 1. The molecule has 122 valence electrons. The van der Waals surface area contributed by atoms with Crippen molar-refractivity contribution in [2.24, 2.45) is 0 Å².